The molecule has 5 nitrogen and oxygen atoms in total. The Hall–Kier alpha value is 0.580. The van der Waals surface area contributed by atoms with Gasteiger partial charge in [-0.1, -0.05) is 146 Å². The third kappa shape index (κ3) is 36.6. The molecule has 0 aliphatic heterocycles. The standard InChI is InChI=1S/C13H18ClN.C2Cl4O.C2HCl3O2.C2H3Cl3.C2H3N/c1-10(2)13(14)15(4)9-12-7-5-11(3)6-8-12;3-1(7)2(4,5)6;3-2(4,5)1(6)7;1-2(3,4)5;1-2-3/h5-8H,9H2,1-4H3;;(H,6,7);1H3;1H3. The number of hydrogen-bond donors (Lipinski definition) is 1. The van der Waals surface area contributed by atoms with Crippen molar-refractivity contribution in [3.63, 3.8) is 0 Å². The van der Waals surface area contributed by atoms with Crippen LogP contribution >= 0.6 is 128 Å². The minimum atomic E-state index is -2.17. The minimum Gasteiger partial charge on any atom is -0.478 e. The lowest BCUT2D eigenvalue weighted by Crippen LogP contribution is -2.16. The number of carboxylic acids is 1. The first-order valence-electron chi connectivity index (χ1n) is 9.35. The summed E-state index contributed by atoms with van der Waals surface area (Å²) in [6.45, 7) is 9.90. The second-order valence-electron chi connectivity index (χ2n) is 6.71. The van der Waals surface area contributed by atoms with Gasteiger partial charge in [0, 0.05) is 20.5 Å². The Balaban J connectivity index is -0.000000209. The molecule has 0 radical (unpaired) electrons. The molecule has 0 amide bonds. The lowest BCUT2D eigenvalue weighted by molar-refractivity contribution is -0.135. The van der Waals surface area contributed by atoms with E-state index < -0.39 is 22.6 Å². The zero-order valence-electron chi connectivity index (χ0n) is 20.3. The third-order valence-electron chi connectivity index (χ3n) is 2.75. The molecule has 1 N–H and O–H groups in total. The van der Waals surface area contributed by atoms with E-state index in [9.17, 15) is 9.59 Å². The van der Waals surface area contributed by atoms with Crippen LogP contribution in [-0.2, 0) is 16.1 Å². The largest absolute Gasteiger partial charge is 0.478 e. The number of alkyl halides is 9. The number of aryl methyl sites for hydroxylation is 1. The molecule has 0 aliphatic rings. The second kappa shape index (κ2) is 22.3. The van der Waals surface area contributed by atoms with Gasteiger partial charge >= 0.3 is 5.97 Å². The summed E-state index contributed by atoms with van der Waals surface area (Å²) in [4.78, 5) is 21.5. The fourth-order valence-corrected chi connectivity index (χ4v) is 1.48. The first-order chi connectivity index (χ1) is 16.3. The Morgan fingerprint density at radius 3 is 1.38 bits per heavy atom. The van der Waals surface area contributed by atoms with Gasteiger partial charge in [-0.2, -0.15) is 5.26 Å². The molecule has 0 bridgehead atoms. The average molecular weight is 743 g/mol. The van der Waals surface area contributed by atoms with Gasteiger partial charge in [0.05, 0.1) is 6.07 Å². The zero-order valence-corrected chi connectivity index (χ0v) is 28.6. The number of benzene rings is 1. The van der Waals surface area contributed by atoms with E-state index in [0.29, 0.717) is 0 Å². The van der Waals surface area contributed by atoms with Crippen molar-refractivity contribution in [1.29, 1.82) is 5.26 Å². The molecule has 0 atom stereocenters. The van der Waals surface area contributed by atoms with Gasteiger partial charge in [0.2, 0.25) is 0 Å². The molecule has 0 saturated heterocycles. The molecule has 0 spiro atoms. The molecule has 0 aromatic heterocycles. The van der Waals surface area contributed by atoms with E-state index in [2.05, 4.69) is 36.1 Å². The Morgan fingerprint density at radius 1 is 0.919 bits per heavy atom. The summed E-state index contributed by atoms with van der Waals surface area (Å²) in [7, 11) is 2.01. The van der Waals surface area contributed by atoms with Gasteiger partial charge in [-0.3, -0.25) is 4.79 Å². The van der Waals surface area contributed by atoms with Crippen LogP contribution in [0.3, 0.4) is 0 Å². The fourth-order valence-electron chi connectivity index (χ4n) is 1.42. The minimum absolute atomic E-state index is 0.829. The third-order valence-corrected chi connectivity index (χ3v) is 4.99. The van der Waals surface area contributed by atoms with Gasteiger partial charge in [0.1, 0.15) is 5.16 Å². The van der Waals surface area contributed by atoms with Crippen molar-refractivity contribution in [2.75, 3.05) is 7.05 Å². The van der Waals surface area contributed by atoms with Gasteiger partial charge in [0.15, 0.2) is 3.79 Å². The second-order valence-corrected chi connectivity index (χ2v) is 14.8. The molecule has 0 heterocycles. The quantitative estimate of drug-likeness (QED) is 0.189. The van der Waals surface area contributed by atoms with Gasteiger partial charge in [-0.15, -0.1) is 0 Å². The van der Waals surface area contributed by atoms with Crippen molar-refractivity contribution >= 4 is 139 Å². The number of halogens is 11. The van der Waals surface area contributed by atoms with Crippen molar-refractivity contribution in [2.24, 2.45) is 0 Å². The van der Waals surface area contributed by atoms with Crippen molar-refractivity contribution in [3.05, 3.63) is 46.1 Å². The highest BCUT2D eigenvalue weighted by molar-refractivity contribution is 6.88. The predicted octanol–water partition coefficient (Wildman–Crippen LogP) is 10.4. The van der Waals surface area contributed by atoms with Gasteiger partial charge < -0.3 is 10.0 Å². The SMILES string of the molecule is CC#N.CC(C)=C(Cl)N(C)Cc1ccc(C)cc1.CC(Cl)(Cl)Cl.O=C(Cl)C(Cl)(Cl)Cl.O=C(O)C(Cl)(Cl)Cl. The number of aliphatic carboxylic acids is 1. The van der Waals surface area contributed by atoms with Crippen LogP contribution in [0.1, 0.15) is 38.8 Å². The summed E-state index contributed by atoms with van der Waals surface area (Å²) >= 11 is 55.2. The van der Waals surface area contributed by atoms with Gasteiger partial charge in [-0.05, 0) is 50.4 Å². The van der Waals surface area contributed by atoms with Crippen molar-refractivity contribution in [1.82, 2.24) is 4.90 Å². The van der Waals surface area contributed by atoms with Crippen LogP contribution in [0.5, 0.6) is 0 Å². The number of allylic oxidation sites excluding steroid dienone is 1. The summed E-state index contributed by atoms with van der Waals surface area (Å²) in [6.07, 6.45) is 0. The Morgan fingerprint density at radius 2 is 1.19 bits per heavy atom. The molecule has 1 aromatic carbocycles. The van der Waals surface area contributed by atoms with E-state index in [-0.39, 0.29) is 0 Å². The maximum atomic E-state index is 9.83. The fraction of sp³-hybridized carbons (Fsp3) is 0.476. The highest BCUT2D eigenvalue weighted by atomic mass is 35.6. The van der Waals surface area contributed by atoms with E-state index >= 15 is 0 Å². The molecule has 0 aliphatic carbocycles. The summed E-state index contributed by atoms with van der Waals surface area (Å²) in [5.41, 5.74) is 3.71. The highest BCUT2D eigenvalue weighted by Crippen LogP contribution is 2.28. The number of hydrogen-bond acceptors (Lipinski definition) is 4. The van der Waals surface area contributed by atoms with Crippen LogP contribution in [0.2, 0.25) is 0 Å². The molecule has 0 unspecified atom stereocenters. The van der Waals surface area contributed by atoms with E-state index in [1.54, 1.807) is 6.07 Å². The first kappa shape index (κ1) is 44.6. The van der Waals surface area contributed by atoms with Crippen LogP contribution in [0.25, 0.3) is 0 Å². The summed E-state index contributed by atoms with van der Waals surface area (Å²) in [5.74, 6) is -1.46. The molecular formula is C21H25Cl11N2O3. The van der Waals surface area contributed by atoms with Gasteiger partial charge in [-0.25, -0.2) is 4.79 Å². The number of rotatable bonds is 3. The lowest BCUT2D eigenvalue weighted by atomic mass is 10.1. The Bertz CT molecular complexity index is 834. The number of carbonyl (C=O) groups is 2. The maximum Gasteiger partial charge on any atom is 0.356 e. The van der Waals surface area contributed by atoms with Crippen molar-refractivity contribution in [3.8, 4) is 6.07 Å². The van der Waals surface area contributed by atoms with E-state index in [1.165, 1.54) is 25.0 Å². The molecule has 0 saturated carbocycles. The Labute approximate surface area is 273 Å². The Kier molecular flexibility index (Phi) is 26.9. The molecule has 1 rings (SSSR count). The normalized spacial score (nSPS) is 10.2. The average Bonchev–Trinajstić information content (AvgIpc) is 2.68. The first-order valence-corrected chi connectivity index (χ1v) is 13.5. The zero-order chi connectivity index (χ0) is 30.8. The van der Waals surface area contributed by atoms with Crippen LogP contribution in [-0.4, -0.2) is 39.6 Å². The summed E-state index contributed by atoms with van der Waals surface area (Å²) in [5, 5.41) is 15.0. The van der Waals surface area contributed by atoms with Gasteiger partial charge in [0.25, 0.3) is 12.8 Å². The maximum absolute atomic E-state index is 9.83. The molecule has 16 heteroatoms. The van der Waals surface area contributed by atoms with E-state index in [0.717, 1.165) is 17.3 Å². The summed E-state index contributed by atoms with van der Waals surface area (Å²) in [6, 6.07) is 10.3. The van der Waals surface area contributed by atoms with Crippen LogP contribution in [0, 0.1) is 18.3 Å². The molecule has 0 fully saturated rings. The topological polar surface area (TPSA) is 81.4 Å². The lowest BCUT2D eigenvalue weighted by Gasteiger charge is -2.19. The number of carboxylic acid groups (broad SMARTS) is 1. The monoisotopic (exact) mass is 738 g/mol. The number of carbonyl (C=O) groups excluding carboxylic acids is 1. The van der Waals surface area contributed by atoms with Crippen LogP contribution in [0.4, 0.5) is 0 Å². The van der Waals surface area contributed by atoms with Crippen LogP contribution in [0.15, 0.2) is 35.0 Å². The van der Waals surface area contributed by atoms with Crippen molar-refractivity contribution in [2.45, 2.75) is 52.5 Å². The molecular weight excluding hydrogens is 718 g/mol. The molecule has 214 valence electrons. The molecule has 37 heavy (non-hydrogen) atoms. The van der Waals surface area contributed by atoms with Crippen LogP contribution < -0.4 is 0 Å². The predicted molar refractivity (Wildman–Crippen MR) is 163 cm³/mol. The summed E-state index contributed by atoms with van der Waals surface area (Å²) < 4.78 is -5.21. The highest BCUT2D eigenvalue weighted by Gasteiger charge is 2.29. The van der Waals surface area contributed by atoms with E-state index in [1.807, 2.05) is 20.9 Å². The van der Waals surface area contributed by atoms with Crippen molar-refractivity contribution < 1.29 is 14.7 Å². The smallest absolute Gasteiger partial charge is 0.356 e. The number of nitrogens with zero attached hydrogens (tertiary/aromatic N) is 2. The number of nitriles is 1. The molecule has 1 aromatic rings. The van der Waals surface area contributed by atoms with E-state index in [4.69, 9.17) is 138 Å².